The summed E-state index contributed by atoms with van der Waals surface area (Å²) in [4.78, 5) is 0. The Morgan fingerprint density at radius 1 is 0.909 bits per heavy atom. The van der Waals surface area contributed by atoms with E-state index in [0.29, 0.717) is 0 Å². The summed E-state index contributed by atoms with van der Waals surface area (Å²) in [6.07, 6.45) is 18.2. The molecule has 0 aromatic rings. The van der Waals surface area contributed by atoms with Gasteiger partial charge in [0.1, 0.15) is 0 Å². The molecule has 0 saturated carbocycles. The van der Waals surface area contributed by atoms with Gasteiger partial charge in [0, 0.05) is 0 Å². The fourth-order valence-corrected chi connectivity index (χ4v) is 1.30. The summed E-state index contributed by atoms with van der Waals surface area (Å²) >= 11 is 0. The maximum Gasteiger partial charge on any atom is -0.0157 e. The van der Waals surface area contributed by atoms with E-state index >= 15 is 0 Å². The molecule has 0 radical (unpaired) electrons. The summed E-state index contributed by atoms with van der Waals surface area (Å²) in [7, 11) is 0. The van der Waals surface area contributed by atoms with E-state index in [2.05, 4.69) is 48.6 Å². The summed E-state index contributed by atoms with van der Waals surface area (Å²) in [5.74, 6) is 0. The molecule has 0 nitrogen and oxygen atoms in total. The Kier molecular flexibility index (Phi) is 1.60. The van der Waals surface area contributed by atoms with E-state index in [0.717, 1.165) is 6.42 Å². The number of hydrogen-bond donors (Lipinski definition) is 0. The normalized spacial score (nSPS) is 20.4. The molecule has 54 valence electrons. The predicted octanol–water partition coefficient (Wildman–Crippen LogP) is 2.93. The maximum absolute atomic E-state index is 2.25. The molecule has 0 unspecified atom stereocenters. The molecule has 0 aliphatic heterocycles. The maximum atomic E-state index is 2.25. The van der Waals surface area contributed by atoms with Gasteiger partial charge in [-0.1, -0.05) is 48.6 Å². The third-order valence-corrected chi connectivity index (χ3v) is 1.88. The lowest BCUT2D eigenvalue weighted by Crippen LogP contribution is -1.86. The molecule has 2 aliphatic rings. The molecule has 0 heteroatoms. The molecular weight excluding hydrogens is 132 g/mol. The minimum absolute atomic E-state index is 1.07. The first-order valence-electron chi connectivity index (χ1n) is 3.89. The van der Waals surface area contributed by atoms with Crippen molar-refractivity contribution in [1.29, 1.82) is 0 Å². The summed E-state index contributed by atoms with van der Waals surface area (Å²) < 4.78 is 0. The van der Waals surface area contributed by atoms with Gasteiger partial charge in [0.2, 0.25) is 0 Å². The van der Waals surface area contributed by atoms with Crippen LogP contribution in [-0.4, -0.2) is 0 Å². The Balaban J connectivity index is 2.44. The Morgan fingerprint density at radius 3 is 2.91 bits per heavy atom. The highest BCUT2D eigenvalue weighted by atomic mass is 14.1. The number of allylic oxidation sites excluding steroid dienone is 10. The third-order valence-electron chi connectivity index (χ3n) is 1.88. The fraction of sp³-hybridized carbons (Fsp3) is 0.0909. The van der Waals surface area contributed by atoms with E-state index < -0.39 is 0 Å². The van der Waals surface area contributed by atoms with Crippen molar-refractivity contribution in [1.82, 2.24) is 0 Å². The van der Waals surface area contributed by atoms with Crippen molar-refractivity contribution in [3.05, 3.63) is 59.8 Å². The van der Waals surface area contributed by atoms with Crippen LogP contribution in [0.25, 0.3) is 0 Å². The van der Waals surface area contributed by atoms with Gasteiger partial charge in [-0.2, -0.15) is 0 Å². The molecule has 0 heterocycles. The zero-order valence-electron chi connectivity index (χ0n) is 6.33. The van der Waals surface area contributed by atoms with E-state index in [1.54, 1.807) is 0 Å². The van der Waals surface area contributed by atoms with Crippen LogP contribution in [0.2, 0.25) is 0 Å². The van der Waals surface area contributed by atoms with Crippen LogP contribution in [0.5, 0.6) is 0 Å². The van der Waals surface area contributed by atoms with Crippen molar-refractivity contribution in [2.24, 2.45) is 0 Å². The molecule has 0 spiro atoms. The SMILES string of the molecule is C1=CC=C2C=CCC=C2C=C1. The van der Waals surface area contributed by atoms with E-state index in [1.807, 2.05) is 0 Å². The predicted molar refractivity (Wildman–Crippen MR) is 48.2 cm³/mol. The Labute approximate surface area is 66.9 Å². The highest BCUT2D eigenvalue weighted by molar-refractivity contribution is 5.52. The molecule has 0 aromatic heterocycles. The Bertz CT molecular complexity index is 296. The van der Waals surface area contributed by atoms with Gasteiger partial charge in [-0.15, -0.1) is 0 Å². The van der Waals surface area contributed by atoms with E-state index in [4.69, 9.17) is 0 Å². The summed E-state index contributed by atoms with van der Waals surface area (Å²) in [5.41, 5.74) is 2.67. The van der Waals surface area contributed by atoms with Gasteiger partial charge in [0.15, 0.2) is 0 Å². The zero-order chi connectivity index (χ0) is 7.52. The lowest BCUT2D eigenvalue weighted by molar-refractivity contribution is 1.30. The first-order valence-corrected chi connectivity index (χ1v) is 3.89. The van der Waals surface area contributed by atoms with Crippen molar-refractivity contribution in [2.45, 2.75) is 6.42 Å². The van der Waals surface area contributed by atoms with Crippen molar-refractivity contribution in [3.63, 3.8) is 0 Å². The number of rotatable bonds is 0. The highest BCUT2D eigenvalue weighted by Crippen LogP contribution is 2.20. The van der Waals surface area contributed by atoms with Gasteiger partial charge in [0.25, 0.3) is 0 Å². The largest absolute Gasteiger partial charge is 0.0801 e. The molecular formula is C11H10. The quantitative estimate of drug-likeness (QED) is 0.488. The Hall–Kier alpha value is -1.30. The molecule has 0 amide bonds. The van der Waals surface area contributed by atoms with Gasteiger partial charge in [-0.3, -0.25) is 0 Å². The molecule has 11 heavy (non-hydrogen) atoms. The lowest BCUT2D eigenvalue weighted by atomic mass is 10.00. The van der Waals surface area contributed by atoms with Crippen LogP contribution in [0.3, 0.4) is 0 Å². The average molecular weight is 142 g/mol. The van der Waals surface area contributed by atoms with Gasteiger partial charge >= 0.3 is 0 Å². The topological polar surface area (TPSA) is 0 Å². The lowest BCUT2D eigenvalue weighted by Gasteiger charge is -2.05. The first-order chi connectivity index (χ1) is 5.47. The second-order valence-corrected chi connectivity index (χ2v) is 2.66. The van der Waals surface area contributed by atoms with Gasteiger partial charge < -0.3 is 0 Å². The van der Waals surface area contributed by atoms with Crippen molar-refractivity contribution in [3.8, 4) is 0 Å². The molecule has 0 aromatic carbocycles. The molecule has 0 atom stereocenters. The van der Waals surface area contributed by atoms with Crippen LogP contribution in [0, 0.1) is 0 Å². The second kappa shape index (κ2) is 2.75. The molecule has 0 bridgehead atoms. The van der Waals surface area contributed by atoms with Crippen LogP contribution in [0.4, 0.5) is 0 Å². The molecule has 0 saturated heterocycles. The monoisotopic (exact) mass is 142 g/mol. The highest BCUT2D eigenvalue weighted by Gasteiger charge is 2.01. The molecule has 2 rings (SSSR count). The van der Waals surface area contributed by atoms with Gasteiger partial charge in [0.05, 0.1) is 0 Å². The summed E-state index contributed by atoms with van der Waals surface area (Å²) in [6.45, 7) is 0. The molecule has 0 N–H and O–H groups in total. The van der Waals surface area contributed by atoms with Gasteiger partial charge in [-0.25, -0.2) is 0 Å². The van der Waals surface area contributed by atoms with Crippen LogP contribution in [0.15, 0.2) is 59.8 Å². The van der Waals surface area contributed by atoms with Crippen LogP contribution in [0.1, 0.15) is 6.42 Å². The van der Waals surface area contributed by atoms with E-state index in [9.17, 15) is 0 Å². The van der Waals surface area contributed by atoms with Gasteiger partial charge in [-0.05, 0) is 17.6 Å². The van der Waals surface area contributed by atoms with Crippen LogP contribution >= 0.6 is 0 Å². The summed E-state index contributed by atoms with van der Waals surface area (Å²) in [6, 6.07) is 0. The smallest absolute Gasteiger partial charge is 0.0157 e. The number of fused-ring (bicyclic) bond motifs is 1. The minimum atomic E-state index is 1.07. The summed E-state index contributed by atoms with van der Waals surface area (Å²) in [5, 5.41) is 0. The Morgan fingerprint density at radius 2 is 1.91 bits per heavy atom. The molecule has 2 aliphatic carbocycles. The fourth-order valence-electron chi connectivity index (χ4n) is 1.30. The number of hydrogen-bond acceptors (Lipinski definition) is 0. The minimum Gasteiger partial charge on any atom is -0.0801 e. The van der Waals surface area contributed by atoms with Crippen LogP contribution in [-0.2, 0) is 0 Å². The first kappa shape index (κ1) is 6.41. The van der Waals surface area contributed by atoms with Crippen molar-refractivity contribution >= 4 is 0 Å². The van der Waals surface area contributed by atoms with E-state index in [-0.39, 0.29) is 0 Å². The average Bonchev–Trinajstić information content (AvgIpc) is 2.28. The second-order valence-electron chi connectivity index (χ2n) is 2.66. The van der Waals surface area contributed by atoms with Crippen molar-refractivity contribution in [2.75, 3.05) is 0 Å². The van der Waals surface area contributed by atoms with E-state index in [1.165, 1.54) is 11.1 Å². The van der Waals surface area contributed by atoms with Crippen LogP contribution < -0.4 is 0 Å². The third kappa shape index (κ3) is 1.25. The standard InChI is InChI=1S/C11H10/c1-2-6-10-8-4-5-9-11(10)7-3-1/h1-4,6-9H,5H2. The zero-order valence-corrected chi connectivity index (χ0v) is 6.33. The molecule has 0 fully saturated rings. The van der Waals surface area contributed by atoms with Crippen molar-refractivity contribution < 1.29 is 0 Å².